The number of aromatic nitrogens is 2. The lowest BCUT2D eigenvalue weighted by Gasteiger charge is -2.32. The molecule has 138 valence electrons. The van der Waals surface area contributed by atoms with Crippen LogP contribution in [0.1, 0.15) is 18.5 Å². The number of imidazole rings is 1. The quantitative estimate of drug-likeness (QED) is 0.568. The Hall–Kier alpha value is -3.35. The number of esters is 1. The van der Waals surface area contributed by atoms with Crippen LogP contribution >= 0.6 is 0 Å². The van der Waals surface area contributed by atoms with Crippen molar-refractivity contribution in [3.63, 3.8) is 0 Å². The van der Waals surface area contributed by atoms with E-state index in [1.165, 1.54) is 0 Å². The summed E-state index contributed by atoms with van der Waals surface area (Å²) in [6, 6.07) is 14.3. The molecule has 0 saturated heterocycles. The second-order valence-electron chi connectivity index (χ2n) is 6.20. The van der Waals surface area contributed by atoms with Crippen LogP contribution in [0.4, 0.5) is 5.95 Å². The topological polar surface area (TPSA) is 82.5 Å². The minimum absolute atomic E-state index is 0.193. The molecule has 4 rings (SSSR count). The SMILES string of the molecule is CCOC(=O)C1C(=O)Nc2nc3ccccc3n2C1c1ccccc1OC. The highest BCUT2D eigenvalue weighted by molar-refractivity contribution is 6.07. The van der Waals surface area contributed by atoms with Crippen LogP contribution in [-0.2, 0) is 14.3 Å². The molecular formula is C20H19N3O4. The summed E-state index contributed by atoms with van der Waals surface area (Å²) < 4.78 is 12.6. The lowest BCUT2D eigenvalue weighted by Crippen LogP contribution is -2.43. The maximum atomic E-state index is 12.8. The molecule has 1 aromatic heterocycles. The number of benzene rings is 2. The fourth-order valence-corrected chi connectivity index (χ4v) is 3.59. The molecule has 0 saturated carbocycles. The average molecular weight is 365 g/mol. The molecule has 0 aliphatic carbocycles. The Kier molecular flexibility index (Phi) is 4.27. The monoisotopic (exact) mass is 365 g/mol. The van der Waals surface area contributed by atoms with E-state index in [1.54, 1.807) is 14.0 Å². The molecule has 3 aromatic rings. The standard InChI is InChI=1S/C20H19N3O4/c1-3-27-19(25)16-17(12-8-4-7-11-15(12)26-2)23-14-10-6-5-9-13(14)21-20(23)22-18(16)24/h4-11,16-17H,3H2,1-2H3,(H,21,22,24). The maximum Gasteiger partial charge on any atom is 0.321 e. The van der Waals surface area contributed by atoms with E-state index in [1.807, 2.05) is 53.1 Å². The Labute approximate surface area is 155 Å². The number of amides is 1. The van der Waals surface area contributed by atoms with Crippen molar-refractivity contribution < 1.29 is 19.1 Å². The zero-order valence-corrected chi connectivity index (χ0v) is 15.0. The first-order valence-electron chi connectivity index (χ1n) is 8.73. The number of para-hydroxylation sites is 3. The van der Waals surface area contributed by atoms with Crippen molar-refractivity contribution in [3.05, 3.63) is 54.1 Å². The minimum atomic E-state index is -1.05. The first kappa shape index (κ1) is 17.1. The fourth-order valence-electron chi connectivity index (χ4n) is 3.59. The van der Waals surface area contributed by atoms with Gasteiger partial charge < -0.3 is 14.0 Å². The average Bonchev–Trinajstić information content (AvgIpc) is 3.04. The highest BCUT2D eigenvalue weighted by atomic mass is 16.5. The molecule has 1 amide bonds. The van der Waals surface area contributed by atoms with Crippen LogP contribution in [0.25, 0.3) is 11.0 Å². The maximum absolute atomic E-state index is 12.8. The number of nitrogens with zero attached hydrogens (tertiary/aromatic N) is 2. The molecule has 2 unspecified atom stereocenters. The molecule has 2 aromatic carbocycles. The number of carbonyl (C=O) groups excluding carboxylic acids is 2. The molecule has 0 radical (unpaired) electrons. The molecule has 2 heterocycles. The zero-order chi connectivity index (χ0) is 19.0. The number of hydrogen-bond acceptors (Lipinski definition) is 5. The van der Waals surface area contributed by atoms with Gasteiger partial charge in [-0.1, -0.05) is 30.3 Å². The van der Waals surface area contributed by atoms with Crippen molar-refractivity contribution in [3.8, 4) is 5.75 Å². The number of nitrogens with one attached hydrogen (secondary N) is 1. The Bertz CT molecular complexity index is 1030. The molecule has 2 atom stereocenters. The smallest absolute Gasteiger partial charge is 0.321 e. The van der Waals surface area contributed by atoms with Crippen molar-refractivity contribution in [2.24, 2.45) is 5.92 Å². The third kappa shape index (κ3) is 2.71. The van der Waals surface area contributed by atoms with Gasteiger partial charge in [0.25, 0.3) is 0 Å². The summed E-state index contributed by atoms with van der Waals surface area (Å²) in [6.45, 7) is 1.91. The van der Waals surface area contributed by atoms with E-state index < -0.39 is 23.8 Å². The van der Waals surface area contributed by atoms with Gasteiger partial charge >= 0.3 is 5.97 Å². The van der Waals surface area contributed by atoms with Crippen LogP contribution in [0.15, 0.2) is 48.5 Å². The largest absolute Gasteiger partial charge is 0.496 e. The first-order valence-corrected chi connectivity index (χ1v) is 8.73. The van der Waals surface area contributed by atoms with E-state index in [2.05, 4.69) is 10.3 Å². The number of carbonyl (C=O) groups is 2. The van der Waals surface area contributed by atoms with Gasteiger partial charge in [-0.25, -0.2) is 4.98 Å². The van der Waals surface area contributed by atoms with Crippen LogP contribution in [0.3, 0.4) is 0 Å². The van der Waals surface area contributed by atoms with E-state index in [4.69, 9.17) is 9.47 Å². The van der Waals surface area contributed by atoms with E-state index in [0.717, 1.165) is 16.6 Å². The summed E-state index contributed by atoms with van der Waals surface area (Å²) in [5.41, 5.74) is 2.27. The fraction of sp³-hybridized carbons (Fsp3) is 0.250. The van der Waals surface area contributed by atoms with Crippen LogP contribution in [0, 0.1) is 5.92 Å². The first-order chi connectivity index (χ1) is 13.2. The van der Waals surface area contributed by atoms with Crippen molar-refractivity contribution in [1.29, 1.82) is 0 Å². The van der Waals surface area contributed by atoms with Gasteiger partial charge in [-0.15, -0.1) is 0 Å². The van der Waals surface area contributed by atoms with Gasteiger partial charge in [-0.2, -0.15) is 0 Å². The molecule has 0 spiro atoms. The van der Waals surface area contributed by atoms with Gasteiger partial charge in [0, 0.05) is 5.56 Å². The second-order valence-corrected chi connectivity index (χ2v) is 6.20. The molecule has 1 N–H and O–H groups in total. The molecule has 7 nitrogen and oxygen atoms in total. The van der Waals surface area contributed by atoms with Crippen molar-refractivity contribution in [1.82, 2.24) is 9.55 Å². The highest BCUT2D eigenvalue weighted by Gasteiger charge is 2.45. The van der Waals surface area contributed by atoms with Gasteiger partial charge in [0.2, 0.25) is 11.9 Å². The Balaban J connectivity index is 1.99. The Morgan fingerprint density at radius 3 is 2.70 bits per heavy atom. The van der Waals surface area contributed by atoms with Crippen LogP contribution in [0.2, 0.25) is 0 Å². The molecule has 27 heavy (non-hydrogen) atoms. The minimum Gasteiger partial charge on any atom is -0.496 e. The number of ether oxygens (including phenoxy) is 2. The Morgan fingerprint density at radius 2 is 1.93 bits per heavy atom. The van der Waals surface area contributed by atoms with Crippen LogP contribution in [0.5, 0.6) is 5.75 Å². The molecule has 1 aliphatic rings. The second kappa shape index (κ2) is 6.75. The number of methoxy groups -OCH3 is 1. The molecule has 0 fully saturated rings. The summed E-state index contributed by atoms with van der Waals surface area (Å²) in [5, 5.41) is 2.75. The number of fused-ring (bicyclic) bond motifs is 3. The van der Waals surface area contributed by atoms with Crippen LogP contribution < -0.4 is 10.1 Å². The molecule has 1 aliphatic heterocycles. The molecular weight excluding hydrogens is 346 g/mol. The van der Waals surface area contributed by atoms with Gasteiger partial charge in [0.05, 0.1) is 30.8 Å². The summed E-state index contributed by atoms with van der Waals surface area (Å²) in [4.78, 5) is 30.0. The van der Waals surface area contributed by atoms with E-state index in [9.17, 15) is 9.59 Å². The van der Waals surface area contributed by atoms with Crippen molar-refractivity contribution >= 4 is 28.9 Å². The number of rotatable bonds is 4. The predicted molar refractivity (Wildman–Crippen MR) is 99.6 cm³/mol. The summed E-state index contributed by atoms with van der Waals surface area (Å²) >= 11 is 0. The summed E-state index contributed by atoms with van der Waals surface area (Å²) in [5.74, 6) is -1.07. The number of anilines is 1. The normalized spacial score (nSPS) is 18.7. The van der Waals surface area contributed by atoms with E-state index >= 15 is 0 Å². The zero-order valence-electron chi connectivity index (χ0n) is 15.0. The van der Waals surface area contributed by atoms with E-state index in [-0.39, 0.29) is 6.61 Å². The predicted octanol–water partition coefficient (Wildman–Crippen LogP) is 2.77. The lowest BCUT2D eigenvalue weighted by molar-refractivity contribution is -0.152. The highest BCUT2D eigenvalue weighted by Crippen LogP contribution is 2.41. The van der Waals surface area contributed by atoms with Gasteiger partial charge in [-0.3, -0.25) is 14.9 Å². The Morgan fingerprint density at radius 1 is 1.19 bits per heavy atom. The van der Waals surface area contributed by atoms with Gasteiger partial charge in [0.1, 0.15) is 5.75 Å². The lowest BCUT2D eigenvalue weighted by atomic mass is 9.89. The molecule has 7 heteroatoms. The van der Waals surface area contributed by atoms with E-state index in [0.29, 0.717) is 11.7 Å². The number of hydrogen-bond donors (Lipinski definition) is 1. The third-order valence-corrected chi connectivity index (χ3v) is 4.71. The third-order valence-electron chi connectivity index (χ3n) is 4.71. The summed E-state index contributed by atoms with van der Waals surface area (Å²) in [6.07, 6.45) is 0. The van der Waals surface area contributed by atoms with Crippen LogP contribution in [-0.4, -0.2) is 35.1 Å². The van der Waals surface area contributed by atoms with Crippen molar-refractivity contribution in [2.75, 3.05) is 19.0 Å². The molecule has 0 bridgehead atoms. The van der Waals surface area contributed by atoms with Gasteiger partial charge in [-0.05, 0) is 25.1 Å². The summed E-state index contributed by atoms with van der Waals surface area (Å²) in [7, 11) is 1.56. The van der Waals surface area contributed by atoms with Crippen molar-refractivity contribution in [2.45, 2.75) is 13.0 Å². The van der Waals surface area contributed by atoms with Gasteiger partial charge in [0.15, 0.2) is 5.92 Å².